The summed E-state index contributed by atoms with van der Waals surface area (Å²) in [5.41, 5.74) is 0.409. The summed E-state index contributed by atoms with van der Waals surface area (Å²) in [7, 11) is 0. The lowest BCUT2D eigenvalue weighted by Gasteiger charge is -1.95. The fraction of sp³-hybridized carbons (Fsp3) is 0. The molecule has 0 aliphatic carbocycles. The summed E-state index contributed by atoms with van der Waals surface area (Å²) in [5, 5.41) is 0. The quantitative estimate of drug-likeness (QED) is 0.755. The second-order valence-corrected chi connectivity index (χ2v) is 3.83. The SMILES string of the molecule is Fc1ccc(-c2nsc(Cl)n2)cc1F. The summed E-state index contributed by atoms with van der Waals surface area (Å²) >= 11 is 6.56. The van der Waals surface area contributed by atoms with Crippen molar-refractivity contribution in [3.63, 3.8) is 0 Å². The zero-order valence-electron chi connectivity index (χ0n) is 6.67. The summed E-state index contributed by atoms with van der Waals surface area (Å²) in [6.07, 6.45) is 0. The van der Waals surface area contributed by atoms with E-state index < -0.39 is 11.6 Å². The first-order chi connectivity index (χ1) is 6.66. The zero-order chi connectivity index (χ0) is 10.1. The average Bonchev–Trinajstić information content (AvgIpc) is 2.57. The molecule has 0 saturated heterocycles. The molecule has 0 fully saturated rings. The van der Waals surface area contributed by atoms with Crippen LogP contribution in [0.1, 0.15) is 0 Å². The van der Waals surface area contributed by atoms with Crippen LogP contribution in [0.5, 0.6) is 0 Å². The molecule has 0 aliphatic rings. The minimum absolute atomic E-state index is 0.268. The number of hydrogen-bond donors (Lipinski definition) is 0. The molecule has 2 rings (SSSR count). The predicted octanol–water partition coefficient (Wildman–Crippen LogP) is 3.14. The Morgan fingerprint density at radius 3 is 2.57 bits per heavy atom. The molecule has 72 valence electrons. The Morgan fingerprint density at radius 2 is 2.00 bits per heavy atom. The lowest BCUT2D eigenvalue weighted by atomic mass is 10.2. The van der Waals surface area contributed by atoms with Gasteiger partial charge in [0.25, 0.3) is 0 Å². The third kappa shape index (κ3) is 1.73. The Bertz CT molecular complexity index is 472. The molecule has 0 amide bonds. The minimum atomic E-state index is -0.923. The first-order valence-corrected chi connectivity index (χ1v) is 4.76. The third-order valence-corrected chi connectivity index (χ3v) is 2.38. The molecule has 0 unspecified atom stereocenters. The van der Waals surface area contributed by atoms with E-state index >= 15 is 0 Å². The maximum atomic E-state index is 12.8. The van der Waals surface area contributed by atoms with E-state index in [2.05, 4.69) is 9.36 Å². The van der Waals surface area contributed by atoms with Gasteiger partial charge in [0.1, 0.15) is 0 Å². The van der Waals surface area contributed by atoms with Gasteiger partial charge < -0.3 is 0 Å². The second-order valence-electron chi connectivity index (χ2n) is 2.50. The zero-order valence-corrected chi connectivity index (χ0v) is 8.24. The number of halogens is 3. The van der Waals surface area contributed by atoms with Crippen molar-refractivity contribution in [2.45, 2.75) is 0 Å². The largest absolute Gasteiger partial charge is 0.204 e. The third-order valence-electron chi connectivity index (χ3n) is 1.58. The van der Waals surface area contributed by atoms with Crippen molar-refractivity contribution in [1.29, 1.82) is 0 Å². The average molecular weight is 233 g/mol. The second kappa shape index (κ2) is 3.59. The number of rotatable bonds is 1. The summed E-state index contributed by atoms with van der Waals surface area (Å²) in [6, 6.07) is 3.46. The Labute approximate surface area is 87.3 Å². The highest BCUT2D eigenvalue weighted by Crippen LogP contribution is 2.22. The predicted molar refractivity (Wildman–Crippen MR) is 50.3 cm³/mol. The van der Waals surface area contributed by atoms with Crippen molar-refractivity contribution < 1.29 is 8.78 Å². The molecule has 0 atom stereocenters. The number of hydrogen-bond acceptors (Lipinski definition) is 3. The lowest BCUT2D eigenvalue weighted by molar-refractivity contribution is 0.509. The van der Waals surface area contributed by atoms with E-state index in [1.807, 2.05) is 0 Å². The number of aromatic nitrogens is 2. The molecular weight excluding hydrogens is 230 g/mol. The summed E-state index contributed by atoms with van der Waals surface area (Å²) in [4.78, 5) is 3.84. The molecule has 0 aliphatic heterocycles. The van der Waals surface area contributed by atoms with Crippen LogP contribution in [0.3, 0.4) is 0 Å². The van der Waals surface area contributed by atoms with Gasteiger partial charge in [0.05, 0.1) is 0 Å². The van der Waals surface area contributed by atoms with Gasteiger partial charge in [0.15, 0.2) is 17.5 Å². The maximum absolute atomic E-state index is 12.8. The van der Waals surface area contributed by atoms with E-state index in [1.54, 1.807) is 0 Å². The Morgan fingerprint density at radius 1 is 1.21 bits per heavy atom. The summed E-state index contributed by atoms with van der Waals surface area (Å²) in [6.45, 7) is 0. The van der Waals surface area contributed by atoms with Crippen LogP contribution in [0, 0.1) is 11.6 Å². The normalized spacial score (nSPS) is 10.5. The standard InChI is InChI=1S/C8H3ClF2N2S/c9-8-12-7(13-14-8)4-1-2-5(10)6(11)3-4/h1-3H. The Kier molecular flexibility index (Phi) is 2.43. The van der Waals surface area contributed by atoms with Gasteiger partial charge in [-0.15, -0.1) is 0 Å². The van der Waals surface area contributed by atoms with E-state index in [-0.39, 0.29) is 4.47 Å². The minimum Gasteiger partial charge on any atom is -0.204 e. The van der Waals surface area contributed by atoms with Gasteiger partial charge in [0, 0.05) is 5.56 Å². The first kappa shape index (κ1) is 9.48. The van der Waals surface area contributed by atoms with Crippen LogP contribution in [0.25, 0.3) is 11.4 Å². The molecule has 1 aromatic heterocycles. The van der Waals surface area contributed by atoms with E-state index in [4.69, 9.17) is 11.6 Å². The van der Waals surface area contributed by atoms with Crippen LogP contribution in [0.2, 0.25) is 4.47 Å². The molecule has 14 heavy (non-hydrogen) atoms. The van der Waals surface area contributed by atoms with Crippen molar-refractivity contribution in [1.82, 2.24) is 9.36 Å². The first-order valence-electron chi connectivity index (χ1n) is 3.61. The Balaban J connectivity index is 2.47. The smallest absolute Gasteiger partial charge is 0.203 e. The highest BCUT2D eigenvalue weighted by molar-refractivity contribution is 7.10. The molecule has 0 spiro atoms. The van der Waals surface area contributed by atoms with Crippen LogP contribution in [0.15, 0.2) is 18.2 Å². The molecule has 0 bridgehead atoms. The number of benzene rings is 1. The van der Waals surface area contributed by atoms with Crippen LogP contribution < -0.4 is 0 Å². The molecule has 1 aromatic carbocycles. The van der Waals surface area contributed by atoms with Crippen molar-refractivity contribution in [2.24, 2.45) is 0 Å². The highest BCUT2D eigenvalue weighted by Gasteiger charge is 2.08. The van der Waals surface area contributed by atoms with Crippen molar-refractivity contribution in [3.05, 3.63) is 34.3 Å². The molecule has 1 heterocycles. The fourth-order valence-electron chi connectivity index (χ4n) is 0.957. The molecule has 2 aromatic rings. The lowest BCUT2D eigenvalue weighted by Crippen LogP contribution is -1.86. The van der Waals surface area contributed by atoms with Gasteiger partial charge in [-0.2, -0.15) is 4.37 Å². The summed E-state index contributed by atoms with van der Waals surface area (Å²) in [5.74, 6) is -1.51. The van der Waals surface area contributed by atoms with Gasteiger partial charge in [-0.1, -0.05) is 0 Å². The highest BCUT2D eigenvalue weighted by atomic mass is 35.5. The van der Waals surface area contributed by atoms with Gasteiger partial charge in [-0.05, 0) is 41.3 Å². The van der Waals surface area contributed by atoms with E-state index in [0.29, 0.717) is 11.4 Å². The fourth-order valence-corrected chi connectivity index (χ4v) is 1.58. The topological polar surface area (TPSA) is 25.8 Å². The van der Waals surface area contributed by atoms with Crippen molar-refractivity contribution >= 4 is 23.1 Å². The van der Waals surface area contributed by atoms with E-state index in [9.17, 15) is 8.78 Å². The van der Waals surface area contributed by atoms with Crippen LogP contribution in [0.4, 0.5) is 8.78 Å². The Hall–Kier alpha value is -1.07. The molecule has 6 heteroatoms. The van der Waals surface area contributed by atoms with E-state index in [0.717, 1.165) is 23.7 Å². The molecule has 0 radical (unpaired) electrons. The van der Waals surface area contributed by atoms with Gasteiger partial charge in [-0.25, -0.2) is 13.8 Å². The van der Waals surface area contributed by atoms with Gasteiger partial charge >= 0.3 is 0 Å². The van der Waals surface area contributed by atoms with Crippen LogP contribution in [-0.2, 0) is 0 Å². The number of nitrogens with zero attached hydrogens (tertiary/aromatic N) is 2. The maximum Gasteiger partial charge on any atom is 0.203 e. The molecule has 2 nitrogen and oxygen atoms in total. The van der Waals surface area contributed by atoms with Crippen molar-refractivity contribution in [2.75, 3.05) is 0 Å². The molecule has 0 N–H and O–H groups in total. The van der Waals surface area contributed by atoms with Gasteiger partial charge in [0.2, 0.25) is 4.47 Å². The van der Waals surface area contributed by atoms with E-state index in [1.165, 1.54) is 6.07 Å². The monoisotopic (exact) mass is 232 g/mol. The van der Waals surface area contributed by atoms with Crippen LogP contribution >= 0.6 is 23.1 Å². The van der Waals surface area contributed by atoms with Gasteiger partial charge in [-0.3, -0.25) is 0 Å². The summed E-state index contributed by atoms with van der Waals surface area (Å²) < 4.78 is 29.5. The van der Waals surface area contributed by atoms with Crippen molar-refractivity contribution in [3.8, 4) is 11.4 Å². The molecule has 0 saturated carbocycles. The molecular formula is C8H3ClF2N2S. The van der Waals surface area contributed by atoms with Crippen LogP contribution in [-0.4, -0.2) is 9.36 Å².